The molecule has 7 heteroatoms. The summed E-state index contributed by atoms with van der Waals surface area (Å²) in [6.45, 7) is 2.48. The number of carbonyl (C=O) groups is 1. The highest BCUT2D eigenvalue weighted by atomic mass is 16.2. The van der Waals surface area contributed by atoms with Gasteiger partial charge in [0.1, 0.15) is 24.3 Å². The van der Waals surface area contributed by atoms with Crippen molar-refractivity contribution in [3.8, 4) is 5.82 Å². The van der Waals surface area contributed by atoms with Gasteiger partial charge in [0.2, 0.25) is 5.91 Å². The highest BCUT2D eigenvalue weighted by Gasteiger charge is 2.31. The monoisotopic (exact) mass is 388 g/mol. The van der Waals surface area contributed by atoms with Crippen LogP contribution in [0.4, 0.5) is 11.5 Å². The van der Waals surface area contributed by atoms with Gasteiger partial charge in [-0.2, -0.15) is 0 Å². The second-order valence-electron chi connectivity index (χ2n) is 7.69. The number of aromatic nitrogens is 4. The molecule has 2 aromatic heterocycles. The number of aryl methyl sites for hydroxylation is 1. The lowest BCUT2D eigenvalue weighted by atomic mass is 9.93. The Morgan fingerprint density at radius 3 is 2.69 bits per heavy atom. The van der Waals surface area contributed by atoms with Crippen LogP contribution in [-0.4, -0.2) is 45.1 Å². The molecular weight excluding hydrogens is 364 g/mol. The quantitative estimate of drug-likeness (QED) is 0.690. The lowest BCUT2D eigenvalue weighted by Gasteiger charge is -2.36. The molecule has 2 aliphatic heterocycles. The van der Waals surface area contributed by atoms with E-state index in [1.807, 2.05) is 27.8 Å². The normalized spacial score (nSPS) is 17.2. The Bertz CT molecular complexity index is 994. The van der Waals surface area contributed by atoms with E-state index in [0.717, 1.165) is 62.6 Å². The summed E-state index contributed by atoms with van der Waals surface area (Å²) in [5.41, 5.74) is 2.39. The Kier molecular flexibility index (Phi) is 4.71. The molecule has 29 heavy (non-hydrogen) atoms. The topological polar surface area (TPSA) is 67.2 Å². The third kappa shape index (κ3) is 3.48. The number of amides is 1. The molecule has 5 rings (SSSR count). The Balaban J connectivity index is 1.27. The molecule has 1 saturated heterocycles. The molecule has 0 atom stereocenters. The summed E-state index contributed by atoms with van der Waals surface area (Å²) >= 11 is 0. The molecule has 0 N–H and O–H groups in total. The summed E-state index contributed by atoms with van der Waals surface area (Å²) in [5, 5.41) is 0. The maximum atomic E-state index is 13.2. The van der Waals surface area contributed by atoms with E-state index in [9.17, 15) is 4.79 Å². The van der Waals surface area contributed by atoms with Crippen LogP contribution in [-0.2, 0) is 11.2 Å². The molecule has 1 amide bonds. The lowest BCUT2D eigenvalue weighted by Crippen LogP contribution is -2.44. The molecule has 2 aliphatic rings. The van der Waals surface area contributed by atoms with E-state index in [1.165, 1.54) is 5.56 Å². The van der Waals surface area contributed by atoms with Gasteiger partial charge in [-0.05, 0) is 37.3 Å². The summed E-state index contributed by atoms with van der Waals surface area (Å²) in [6.07, 6.45) is 10.7. The number of hydrogen-bond donors (Lipinski definition) is 0. The van der Waals surface area contributed by atoms with E-state index in [1.54, 1.807) is 18.9 Å². The van der Waals surface area contributed by atoms with Crippen molar-refractivity contribution in [1.29, 1.82) is 0 Å². The number of benzene rings is 1. The first-order valence-electron chi connectivity index (χ1n) is 10.2. The Labute approximate surface area is 170 Å². The number of para-hydroxylation sites is 1. The van der Waals surface area contributed by atoms with Crippen LogP contribution in [0.3, 0.4) is 0 Å². The van der Waals surface area contributed by atoms with E-state index in [-0.39, 0.29) is 11.8 Å². The second kappa shape index (κ2) is 7.66. The number of imidazole rings is 1. The van der Waals surface area contributed by atoms with Crippen LogP contribution in [0.5, 0.6) is 0 Å². The first-order valence-corrected chi connectivity index (χ1v) is 10.2. The minimum Gasteiger partial charge on any atom is -0.356 e. The summed E-state index contributed by atoms with van der Waals surface area (Å²) in [4.78, 5) is 30.4. The second-order valence-corrected chi connectivity index (χ2v) is 7.69. The van der Waals surface area contributed by atoms with Gasteiger partial charge in [-0.15, -0.1) is 0 Å². The van der Waals surface area contributed by atoms with E-state index in [4.69, 9.17) is 0 Å². The van der Waals surface area contributed by atoms with Crippen LogP contribution >= 0.6 is 0 Å². The fraction of sp³-hybridized carbons (Fsp3) is 0.364. The standard InChI is InChI=1S/C22H24N6O/c29-22(28-10-3-5-17-4-1-2-6-19(17)28)18-7-11-26(12-8-18)20-14-21(25-15-24-20)27-13-9-23-16-27/h1-2,4,6,9,13-16,18H,3,5,7-8,10-12H2. The zero-order valence-electron chi connectivity index (χ0n) is 16.3. The summed E-state index contributed by atoms with van der Waals surface area (Å²) < 4.78 is 1.87. The number of fused-ring (bicyclic) bond motifs is 1. The molecule has 0 saturated carbocycles. The molecule has 1 aromatic carbocycles. The minimum atomic E-state index is 0.0763. The third-order valence-electron chi connectivity index (χ3n) is 5.95. The van der Waals surface area contributed by atoms with Crippen molar-refractivity contribution in [3.05, 3.63) is 60.9 Å². The molecule has 4 heterocycles. The maximum Gasteiger partial charge on any atom is 0.230 e. The van der Waals surface area contributed by atoms with Crippen LogP contribution in [0, 0.1) is 5.92 Å². The number of carbonyl (C=O) groups excluding carboxylic acids is 1. The predicted octanol–water partition coefficient (Wildman–Crippen LogP) is 2.86. The zero-order valence-corrected chi connectivity index (χ0v) is 16.3. The Hall–Kier alpha value is -3.22. The molecule has 0 spiro atoms. The van der Waals surface area contributed by atoms with E-state index in [0.29, 0.717) is 0 Å². The molecule has 7 nitrogen and oxygen atoms in total. The van der Waals surface area contributed by atoms with E-state index < -0.39 is 0 Å². The van der Waals surface area contributed by atoms with Crippen molar-refractivity contribution in [2.45, 2.75) is 25.7 Å². The molecule has 1 fully saturated rings. The largest absolute Gasteiger partial charge is 0.356 e. The average Bonchev–Trinajstić information content (AvgIpc) is 3.34. The van der Waals surface area contributed by atoms with Crippen LogP contribution in [0.15, 0.2) is 55.4 Å². The van der Waals surface area contributed by atoms with Crippen LogP contribution in [0.2, 0.25) is 0 Å². The first-order chi connectivity index (χ1) is 14.3. The number of nitrogens with zero attached hydrogens (tertiary/aromatic N) is 6. The lowest BCUT2D eigenvalue weighted by molar-refractivity contribution is -0.123. The number of piperidine rings is 1. The summed E-state index contributed by atoms with van der Waals surface area (Å²) in [5.74, 6) is 2.06. The SMILES string of the molecule is O=C(C1CCN(c2cc(-n3ccnc3)ncn2)CC1)N1CCCc2ccccc21. The number of hydrogen-bond acceptors (Lipinski definition) is 5. The smallest absolute Gasteiger partial charge is 0.230 e. The van der Waals surface area contributed by atoms with E-state index >= 15 is 0 Å². The van der Waals surface area contributed by atoms with Crippen molar-refractivity contribution < 1.29 is 4.79 Å². The van der Waals surface area contributed by atoms with Crippen LogP contribution in [0.25, 0.3) is 5.82 Å². The Morgan fingerprint density at radius 2 is 1.86 bits per heavy atom. The average molecular weight is 388 g/mol. The van der Waals surface area contributed by atoms with Gasteiger partial charge in [0.05, 0.1) is 0 Å². The number of anilines is 2. The maximum absolute atomic E-state index is 13.2. The van der Waals surface area contributed by atoms with Crippen molar-refractivity contribution in [3.63, 3.8) is 0 Å². The van der Waals surface area contributed by atoms with E-state index in [2.05, 4.69) is 38.1 Å². The fourth-order valence-electron chi connectivity index (χ4n) is 4.38. The van der Waals surface area contributed by atoms with Crippen molar-refractivity contribution in [2.75, 3.05) is 29.4 Å². The van der Waals surface area contributed by atoms with Crippen LogP contribution in [0.1, 0.15) is 24.8 Å². The van der Waals surface area contributed by atoms with Gasteiger partial charge in [-0.1, -0.05) is 18.2 Å². The minimum absolute atomic E-state index is 0.0763. The molecule has 0 radical (unpaired) electrons. The summed E-state index contributed by atoms with van der Waals surface area (Å²) in [7, 11) is 0. The van der Waals surface area contributed by atoms with Gasteiger partial charge in [-0.3, -0.25) is 9.36 Å². The Morgan fingerprint density at radius 1 is 1.03 bits per heavy atom. The van der Waals surface area contributed by atoms with Gasteiger partial charge in [0.25, 0.3) is 0 Å². The highest BCUT2D eigenvalue weighted by Crippen LogP contribution is 2.31. The number of rotatable bonds is 3. The van der Waals surface area contributed by atoms with Gasteiger partial charge < -0.3 is 9.80 Å². The molecule has 148 valence electrons. The fourth-order valence-corrected chi connectivity index (χ4v) is 4.38. The van der Waals surface area contributed by atoms with Gasteiger partial charge in [0.15, 0.2) is 0 Å². The zero-order chi connectivity index (χ0) is 19.6. The highest BCUT2D eigenvalue weighted by molar-refractivity contribution is 5.96. The predicted molar refractivity (Wildman–Crippen MR) is 111 cm³/mol. The molecule has 0 unspecified atom stereocenters. The summed E-state index contributed by atoms with van der Waals surface area (Å²) in [6, 6.07) is 10.3. The molecular formula is C22H24N6O. The van der Waals surface area contributed by atoms with Gasteiger partial charge >= 0.3 is 0 Å². The third-order valence-corrected chi connectivity index (χ3v) is 5.95. The van der Waals surface area contributed by atoms with Crippen LogP contribution < -0.4 is 9.80 Å². The van der Waals surface area contributed by atoms with Crippen molar-refractivity contribution >= 4 is 17.4 Å². The molecule has 0 aliphatic carbocycles. The molecule has 3 aromatic rings. The molecule has 0 bridgehead atoms. The van der Waals surface area contributed by atoms with Crippen molar-refractivity contribution in [2.24, 2.45) is 5.92 Å². The first kappa shape index (κ1) is 17.8. The van der Waals surface area contributed by atoms with Crippen molar-refractivity contribution in [1.82, 2.24) is 19.5 Å². The van der Waals surface area contributed by atoms with Gasteiger partial charge in [0, 0.05) is 49.7 Å². The van der Waals surface area contributed by atoms with Gasteiger partial charge in [-0.25, -0.2) is 15.0 Å².